The Bertz CT molecular complexity index is 762. The molecule has 0 aliphatic carbocycles. The predicted octanol–water partition coefficient (Wildman–Crippen LogP) is 1.90. The van der Waals surface area contributed by atoms with Crippen LogP contribution in [0.4, 0.5) is 0 Å². The molecule has 1 saturated heterocycles. The van der Waals surface area contributed by atoms with Gasteiger partial charge in [-0.3, -0.25) is 4.79 Å². The van der Waals surface area contributed by atoms with Crippen LogP contribution in [0.1, 0.15) is 44.8 Å². The minimum Gasteiger partial charge on any atom is -0.368 e. The maximum Gasteiger partial charge on any atom is 0.275 e. The minimum absolute atomic E-state index is 0.121. The van der Waals surface area contributed by atoms with E-state index in [2.05, 4.69) is 43.1 Å². The van der Waals surface area contributed by atoms with E-state index in [4.69, 9.17) is 4.74 Å². The van der Waals surface area contributed by atoms with Crippen molar-refractivity contribution < 1.29 is 4.74 Å². The van der Waals surface area contributed by atoms with Crippen LogP contribution in [0.2, 0.25) is 0 Å². The second-order valence-electron chi connectivity index (χ2n) is 7.03. The molecule has 0 saturated carbocycles. The van der Waals surface area contributed by atoms with Gasteiger partial charge in [0.2, 0.25) is 4.96 Å². The molecule has 0 unspecified atom stereocenters. The van der Waals surface area contributed by atoms with E-state index in [-0.39, 0.29) is 22.8 Å². The van der Waals surface area contributed by atoms with Gasteiger partial charge in [0.15, 0.2) is 0 Å². The van der Waals surface area contributed by atoms with Gasteiger partial charge in [-0.05, 0) is 41.0 Å². The van der Waals surface area contributed by atoms with Crippen molar-refractivity contribution in [3.8, 4) is 0 Å². The largest absolute Gasteiger partial charge is 0.368 e. The molecule has 120 valence electrons. The number of fused-ring (bicyclic) bond motifs is 1. The summed E-state index contributed by atoms with van der Waals surface area (Å²) in [5.41, 5.74) is 0.256. The van der Waals surface area contributed by atoms with E-state index in [0.29, 0.717) is 11.5 Å². The SMILES string of the molecule is Cc1cc(=O)n2nc(CN[C@H]3CC(C)(C)OC3(C)C)sc2n1. The molecule has 0 bridgehead atoms. The van der Waals surface area contributed by atoms with Gasteiger partial charge in [-0.15, -0.1) is 0 Å². The summed E-state index contributed by atoms with van der Waals surface area (Å²) < 4.78 is 7.45. The zero-order valence-corrected chi connectivity index (χ0v) is 14.5. The number of nitrogens with one attached hydrogen (secondary N) is 1. The van der Waals surface area contributed by atoms with Crippen molar-refractivity contribution in [1.29, 1.82) is 0 Å². The second kappa shape index (κ2) is 5.11. The first-order valence-corrected chi connectivity index (χ1v) is 8.28. The van der Waals surface area contributed by atoms with Crippen LogP contribution in [0.5, 0.6) is 0 Å². The molecule has 0 aromatic carbocycles. The van der Waals surface area contributed by atoms with Gasteiger partial charge >= 0.3 is 0 Å². The van der Waals surface area contributed by atoms with Crippen molar-refractivity contribution in [3.63, 3.8) is 0 Å². The van der Waals surface area contributed by atoms with Gasteiger partial charge in [0.05, 0.1) is 17.7 Å². The number of aromatic nitrogens is 3. The molecule has 22 heavy (non-hydrogen) atoms. The Morgan fingerprint density at radius 1 is 1.45 bits per heavy atom. The van der Waals surface area contributed by atoms with E-state index in [0.717, 1.165) is 17.1 Å². The molecule has 0 radical (unpaired) electrons. The molecule has 1 atom stereocenters. The monoisotopic (exact) mass is 322 g/mol. The van der Waals surface area contributed by atoms with E-state index in [1.54, 1.807) is 0 Å². The Morgan fingerprint density at radius 3 is 2.82 bits per heavy atom. The fraction of sp³-hybridized carbons (Fsp3) is 0.667. The van der Waals surface area contributed by atoms with E-state index >= 15 is 0 Å². The highest BCUT2D eigenvalue weighted by atomic mass is 32.1. The van der Waals surface area contributed by atoms with Crippen molar-refractivity contribution in [3.05, 3.63) is 27.1 Å². The Morgan fingerprint density at radius 2 is 2.18 bits per heavy atom. The van der Waals surface area contributed by atoms with Crippen molar-refractivity contribution in [2.75, 3.05) is 0 Å². The van der Waals surface area contributed by atoms with Crippen LogP contribution in [0, 0.1) is 6.92 Å². The lowest BCUT2D eigenvalue weighted by atomic mass is 9.94. The van der Waals surface area contributed by atoms with Crippen LogP contribution in [-0.2, 0) is 11.3 Å². The third-order valence-electron chi connectivity index (χ3n) is 3.99. The number of aryl methyl sites for hydroxylation is 1. The molecule has 0 spiro atoms. The molecule has 0 amide bonds. The van der Waals surface area contributed by atoms with Gasteiger partial charge in [-0.2, -0.15) is 9.61 Å². The second-order valence-corrected chi connectivity index (χ2v) is 8.07. The quantitative estimate of drug-likeness (QED) is 0.934. The van der Waals surface area contributed by atoms with Gasteiger partial charge in [0.1, 0.15) is 5.01 Å². The molecule has 1 aliphatic rings. The first-order chi connectivity index (χ1) is 10.2. The van der Waals surface area contributed by atoms with Gasteiger partial charge in [0, 0.05) is 17.8 Å². The molecule has 1 N–H and O–H groups in total. The van der Waals surface area contributed by atoms with Crippen LogP contribution in [0.15, 0.2) is 10.9 Å². The Hall–Kier alpha value is -1.31. The van der Waals surface area contributed by atoms with E-state index < -0.39 is 0 Å². The molecule has 3 heterocycles. The van der Waals surface area contributed by atoms with E-state index in [1.807, 2.05) is 6.92 Å². The zero-order valence-electron chi connectivity index (χ0n) is 13.6. The predicted molar refractivity (Wildman–Crippen MR) is 86.4 cm³/mol. The lowest BCUT2D eigenvalue weighted by Crippen LogP contribution is -2.42. The van der Waals surface area contributed by atoms with Crippen molar-refractivity contribution in [2.24, 2.45) is 0 Å². The van der Waals surface area contributed by atoms with Gasteiger partial charge < -0.3 is 10.1 Å². The van der Waals surface area contributed by atoms with Crippen LogP contribution >= 0.6 is 11.3 Å². The van der Waals surface area contributed by atoms with Crippen molar-refractivity contribution in [1.82, 2.24) is 19.9 Å². The van der Waals surface area contributed by atoms with Crippen molar-refractivity contribution >= 4 is 16.3 Å². The number of hydrogen-bond acceptors (Lipinski definition) is 6. The molecule has 2 aromatic heterocycles. The number of rotatable bonds is 3. The fourth-order valence-electron chi connectivity index (χ4n) is 3.12. The lowest BCUT2D eigenvalue weighted by molar-refractivity contribution is -0.0699. The number of ether oxygens (including phenoxy) is 1. The number of hydrogen-bond donors (Lipinski definition) is 1. The summed E-state index contributed by atoms with van der Waals surface area (Å²) >= 11 is 1.45. The first kappa shape index (κ1) is 15.6. The summed E-state index contributed by atoms with van der Waals surface area (Å²) in [5.74, 6) is 0. The first-order valence-electron chi connectivity index (χ1n) is 7.46. The highest BCUT2D eigenvalue weighted by Crippen LogP contribution is 2.37. The molecule has 1 fully saturated rings. The van der Waals surface area contributed by atoms with Gasteiger partial charge in [-0.25, -0.2) is 4.98 Å². The fourth-order valence-corrected chi connectivity index (χ4v) is 4.02. The topological polar surface area (TPSA) is 68.5 Å². The third kappa shape index (κ3) is 2.93. The molecule has 3 rings (SSSR count). The van der Waals surface area contributed by atoms with Gasteiger partial charge in [0.25, 0.3) is 5.56 Å². The normalized spacial score (nSPS) is 23.2. The summed E-state index contributed by atoms with van der Waals surface area (Å²) in [4.78, 5) is 16.9. The smallest absolute Gasteiger partial charge is 0.275 e. The van der Waals surface area contributed by atoms with Crippen LogP contribution < -0.4 is 10.9 Å². The standard InChI is InChI=1S/C15H22N4O2S/c1-9-6-12(20)19-13(17-9)22-11(18-19)8-16-10-7-14(2,3)21-15(10,4)5/h6,10,16H,7-8H2,1-5H3/t10-/m0/s1. The van der Waals surface area contributed by atoms with Crippen LogP contribution in [0.3, 0.4) is 0 Å². The van der Waals surface area contributed by atoms with Crippen LogP contribution in [-0.4, -0.2) is 31.8 Å². The number of nitrogens with zero attached hydrogens (tertiary/aromatic N) is 3. The third-order valence-corrected chi connectivity index (χ3v) is 4.90. The molecule has 2 aromatic rings. The maximum atomic E-state index is 11.9. The highest BCUT2D eigenvalue weighted by Gasteiger charge is 2.45. The average molecular weight is 322 g/mol. The molecule has 6 nitrogen and oxygen atoms in total. The molecule has 7 heteroatoms. The Balaban J connectivity index is 1.77. The molecule has 1 aliphatic heterocycles. The highest BCUT2D eigenvalue weighted by molar-refractivity contribution is 7.16. The summed E-state index contributed by atoms with van der Waals surface area (Å²) in [6, 6.07) is 1.75. The zero-order chi connectivity index (χ0) is 16.1. The summed E-state index contributed by atoms with van der Waals surface area (Å²) in [6.45, 7) is 10.9. The molecular weight excluding hydrogens is 300 g/mol. The van der Waals surface area contributed by atoms with Gasteiger partial charge in [-0.1, -0.05) is 11.3 Å². The Kier molecular flexibility index (Phi) is 3.62. The summed E-state index contributed by atoms with van der Waals surface area (Å²) in [5, 5.41) is 8.73. The van der Waals surface area contributed by atoms with Crippen molar-refractivity contribution in [2.45, 2.75) is 64.8 Å². The molecular formula is C15H22N4O2S. The minimum atomic E-state index is -0.216. The summed E-state index contributed by atoms with van der Waals surface area (Å²) in [7, 11) is 0. The lowest BCUT2D eigenvalue weighted by Gasteiger charge is -2.27. The summed E-state index contributed by atoms with van der Waals surface area (Å²) in [6.07, 6.45) is 0.947. The van der Waals surface area contributed by atoms with E-state index in [1.165, 1.54) is 21.9 Å². The Labute approximate surface area is 133 Å². The average Bonchev–Trinajstić information content (AvgIpc) is 2.84. The van der Waals surface area contributed by atoms with E-state index in [9.17, 15) is 4.79 Å². The maximum absolute atomic E-state index is 11.9. The van der Waals surface area contributed by atoms with Crippen LogP contribution in [0.25, 0.3) is 4.96 Å².